The molecule has 1 unspecified atom stereocenters. The summed E-state index contributed by atoms with van der Waals surface area (Å²) >= 11 is 0. The third-order valence-electron chi connectivity index (χ3n) is 6.60. The molecule has 9 nitrogen and oxygen atoms in total. The van der Waals surface area contributed by atoms with Gasteiger partial charge in [-0.2, -0.15) is 0 Å². The van der Waals surface area contributed by atoms with E-state index in [9.17, 15) is 19.2 Å². The summed E-state index contributed by atoms with van der Waals surface area (Å²) in [6.45, 7) is 8.52. The topological polar surface area (TPSA) is 105 Å². The molecule has 0 bridgehead atoms. The van der Waals surface area contributed by atoms with Gasteiger partial charge in [0.2, 0.25) is 5.91 Å². The van der Waals surface area contributed by atoms with Gasteiger partial charge in [-0.05, 0) is 44.2 Å². The Hall–Kier alpha value is -3.36. The summed E-state index contributed by atoms with van der Waals surface area (Å²) < 4.78 is 6.55. The van der Waals surface area contributed by atoms with Gasteiger partial charge in [0.15, 0.2) is 5.58 Å². The summed E-state index contributed by atoms with van der Waals surface area (Å²) in [7, 11) is 0. The molecule has 2 saturated heterocycles. The van der Waals surface area contributed by atoms with Crippen LogP contribution in [0.1, 0.15) is 33.1 Å². The third kappa shape index (κ3) is 3.61. The van der Waals surface area contributed by atoms with Crippen molar-refractivity contribution in [2.75, 3.05) is 19.6 Å². The first-order valence-electron chi connectivity index (χ1n) is 10.9. The van der Waals surface area contributed by atoms with E-state index in [1.165, 1.54) is 9.47 Å². The lowest BCUT2D eigenvalue weighted by molar-refractivity contribution is -0.136. The van der Waals surface area contributed by atoms with Gasteiger partial charge in [0.05, 0.1) is 12.1 Å². The largest absolute Gasteiger partial charge is 0.420 e. The summed E-state index contributed by atoms with van der Waals surface area (Å²) in [4.78, 5) is 53.7. The Labute approximate surface area is 185 Å². The molecule has 0 spiro atoms. The van der Waals surface area contributed by atoms with Crippen LogP contribution in [0, 0.1) is 5.92 Å². The SMILES string of the molecule is C=C(C)CN1C(=O)NC(CC)(C2CCN(C(=O)Cn3c(=O)oc4ccccc43)CC2)C1=O. The first-order valence-corrected chi connectivity index (χ1v) is 10.9. The molecule has 2 fully saturated rings. The molecule has 1 atom stereocenters. The monoisotopic (exact) mass is 440 g/mol. The molecule has 4 amide bonds. The molecule has 2 aliphatic heterocycles. The fourth-order valence-corrected chi connectivity index (χ4v) is 4.88. The van der Waals surface area contributed by atoms with Crippen molar-refractivity contribution in [1.82, 2.24) is 19.7 Å². The van der Waals surface area contributed by atoms with E-state index in [4.69, 9.17) is 4.42 Å². The van der Waals surface area contributed by atoms with Gasteiger partial charge in [-0.1, -0.05) is 31.2 Å². The molecule has 170 valence electrons. The maximum Gasteiger partial charge on any atom is 0.420 e. The van der Waals surface area contributed by atoms with Gasteiger partial charge in [-0.15, -0.1) is 0 Å². The van der Waals surface area contributed by atoms with Crippen LogP contribution in [0.5, 0.6) is 0 Å². The molecule has 2 aliphatic rings. The Balaban J connectivity index is 1.44. The number of amides is 4. The molecule has 1 N–H and O–H groups in total. The number of fused-ring (bicyclic) bond motifs is 1. The quantitative estimate of drug-likeness (QED) is 0.547. The zero-order valence-electron chi connectivity index (χ0n) is 18.4. The summed E-state index contributed by atoms with van der Waals surface area (Å²) in [6.07, 6.45) is 1.67. The number of piperidine rings is 1. The molecule has 0 radical (unpaired) electrons. The predicted octanol–water partition coefficient (Wildman–Crippen LogP) is 2.11. The van der Waals surface area contributed by atoms with Crippen molar-refractivity contribution in [1.29, 1.82) is 0 Å². The van der Waals surface area contributed by atoms with E-state index >= 15 is 0 Å². The highest BCUT2D eigenvalue weighted by Gasteiger charge is 2.54. The molecule has 0 saturated carbocycles. The second-order valence-corrected chi connectivity index (χ2v) is 8.68. The normalized spacial score (nSPS) is 21.9. The van der Waals surface area contributed by atoms with Crippen LogP contribution >= 0.6 is 0 Å². The molecule has 32 heavy (non-hydrogen) atoms. The molecule has 3 heterocycles. The van der Waals surface area contributed by atoms with Gasteiger partial charge in [-0.3, -0.25) is 19.1 Å². The van der Waals surface area contributed by atoms with Crippen molar-refractivity contribution in [2.24, 2.45) is 5.92 Å². The number of nitrogens with one attached hydrogen (secondary N) is 1. The van der Waals surface area contributed by atoms with Gasteiger partial charge in [0, 0.05) is 13.1 Å². The van der Waals surface area contributed by atoms with Crippen molar-refractivity contribution in [3.63, 3.8) is 0 Å². The molecular weight excluding hydrogens is 412 g/mol. The Morgan fingerprint density at radius 1 is 1.19 bits per heavy atom. The minimum Gasteiger partial charge on any atom is -0.408 e. The molecule has 9 heteroatoms. The average Bonchev–Trinajstić information content (AvgIpc) is 3.22. The Morgan fingerprint density at radius 2 is 1.88 bits per heavy atom. The zero-order valence-corrected chi connectivity index (χ0v) is 18.4. The molecule has 2 aromatic rings. The van der Waals surface area contributed by atoms with E-state index in [-0.39, 0.29) is 36.9 Å². The van der Waals surface area contributed by atoms with Gasteiger partial charge in [0.1, 0.15) is 12.1 Å². The third-order valence-corrected chi connectivity index (χ3v) is 6.60. The highest BCUT2D eigenvalue weighted by molar-refractivity contribution is 6.07. The number of likely N-dealkylation sites (tertiary alicyclic amines) is 1. The fraction of sp³-hybridized carbons (Fsp3) is 0.478. The van der Waals surface area contributed by atoms with E-state index in [1.54, 1.807) is 36.1 Å². The molecule has 1 aromatic heterocycles. The minimum atomic E-state index is -0.945. The second kappa shape index (κ2) is 8.29. The molecule has 4 rings (SSSR count). The van der Waals surface area contributed by atoms with E-state index in [1.807, 2.05) is 6.92 Å². The van der Waals surface area contributed by atoms with E-state index in [0.717, 1.165) is 5.57 Å². The van der Waals surface area contributed by atoms with Crippen molar-refractivity contribution in [3.8, 4) is 0 Å². The van der Waals surface area contributed by atoms with E-state index in [0.29, 0.717) is 43.5 Å². The predicted molar refractivity (Wildman–Crippen MR) is 118 cm³/mol. The minimum absolute atomic E-state index is 0.0689. The number of nitrogens with zero attached hydrogens (tertiary/aromatic N) is 3. The van der Waals surface area contributed by atoms with E-state index in [2.05, 4.69) is 11.9 Å². The van der Waals surface area contributed by atoms with Gasteiger partial charge in [0.25, 0.3) is 5.91 Å². The number of carbonyl (C=O) groups excluding carboxylic acids is 3. The first kappa shape index (κ1) is 21.9. The number of aromatic nitrogens is 1. The van der Waals surface area contributed by atoms with Crippen molar-refractivity contribution in [3.05, 3.63) is 47.0 Å². The van der Waals surface area contributed by atoms with Crippen molar-refractivity contribution in [2.45, 2.75) is 45.2 Å². The van der Waals surface area contributed by atoms with Crippen molar-refractivity contribution >= 4 is 28.9 Å². The molecular formula is C23H28N4O5. The van der Waals surface area contributed by atoms with Crippen molar-refractivity contribution < 1.29 is 18.8 Å². The van der Waals surface area contributed by atoms with Crippen LogP contribution in [0.3, 0.4) is 0 Å². The number of rotatable bonds is 6. The smallest absolute Gasteiger partial charge is 0.408 e. The van der Waals surface area contributed by atoms with Gasteiger partial charge in [-0.25, -0.2) is 9.59 Å². The second-order valence-electron chi connectivity index (χ2n) is 8.68. The van der Waals surface area contributed by atoms with Crippen LogP contribution in [-0.4, -0.2) is 57.4 Å². The van der Waals surface area contributed by atoms with Gasteiger partial charge < -0.3 is 14.6 Å². The van der Waals surface area contributed by atoms with Crippen LogP contribution in [0.25, 0.3) is 11.1 Å². The first-order chi connectivity index (χ1) is 15.3. The standard InChI is InChI=1S/C23H28N4O5/c1-4-23(20(29)27(13-15(2)3)21(30)24-23)16-9-11-25(12-10-16)19(28)14-26-17-7-5-6-8-18(17)32-22(26)31/h5-8,16H,2,4,9-14H2,1,3H3,(H,24,30). The highest BCUT2D eigenvalue weighted by Crippen LogP contribution is 2.36. The summed E-state index contributed by atoms with van der Waals surface area (Å²) in [5, 5.41) is 2.94. The van der Waals surface area contributed by atoms with E-state index < -0.39 is 11.3 Å². The summed E-state index contributed by atoms with van der Waals surface area (Å²) in [5.41, 5.74) is 0.827. The number of hydrogen-bond donors (Lipinski definition) is 1. The fourth-order valence-electron chi connectivity index (χ4n) is 4.88. The Bertz CT molecular complexity index is 1140. The van der Waals surface area contributed by atoms with Crippen LogP contribution in [-0.2, 0) is 16.1 Å². The number of oxazole rings is 1. The Kier molecular flexibility index (Phi) is 5.66. The lowest BCUT2D eigenvalue weighted by Crippen LogP contribution is -2.56. The lowest BCUT2D eigenvalue weighted by Gasteiger charge is -2.40. The number of carbonyl (C=O) groups is 3. The molecule has 0 aliphatic carbocycles. The average molecular weight is 441 g/mol. The zero-order chi connectivity index (χ0) is 23.0. The maximum atomic E-state index is 13.2. The Morgan fingerprint density at radius 3 is 2.53 bits per heavy atom. The highest BCUT2D eigenvalue weighted by atomic mass is 16.4. The van der Waals surface area contributed by atoms with Gasteiger partial charge >= 0.3 is 11.8 Å². The maximum absolute atomic E-state index is 13.2. The number of urea groups is 1. The van der Waals surface area contributed by atoms with Crippen LogP contribution in [0.2, 0.25) is 0 Å². The molecule has 1 aromatic carbocycles. The van der Waals surface area contributed by atoms with Crippen LogP contribution in [0.4, 0.5) is 4.79 Å². The summed E-state index contributed by atoms with van der Waals surface area (Å²) in [5.74, 6) is -1.01. The number of hydrogen-bond acceptors (Lipinski definition) is 5. The van der Waals surface area contributed by atoms with Crippen LogP contribution in [0.15, 0.2) is 45.6 Å². The number of imide groups is 1. The lowest BCUT2D eigenvalue weighted by atomic mass is 9.75. The summed E-state index contributed by atoms with van der Waals surface area (Å²) in [6, 6.07) is 6.61. The van der Waals surface area contributed by atoms with Crippen LogP contribution < -0.4 is 11.1 Å². The number of benzene rings is 1. The number of para-hydroxylation sites is 2.